The molecular weight excluding hydrogens is 322 g/mol. The van der Waals surface area contributed by atoms with Gasteiger partial charge in [-0.25, -0.2) is 4.98 Å². The van der Waals surface area contributed by atoms with Crippen LogP contribution in [0.4, 0.5) is 5.69 Å². The van der Waals surface area contributed by atoms with Crippen LogP contribution < -0.4 is 4.90 Å². The lowest BCUT2D eigenvalue weighted by Crippen LogP contribution is -2.49. The highest BCUT2D eigenvalue weighted by atomic mass is 32.1. The van der Waals surface area contributed by atoms with Crippen LogP contribution in [0.5, 0.6) is 0 Å². The van der Waals surface area contributed by atoms with E-state index in [1.807, 2.05) is 43.0 Å². The van der Waals surface area contributed by atoms with Gasteiger partial charge in [0.2, 0.25) is 0 Å². The maximum Gasteiger partial charge on any atom is 0.282 e. The lowest BCUT2D eigenvalue weighted by atomic mass is 10.2. The van der Waals surface area contributed by atoms with Crippen LogP contribution in [-0.2, 0) is 0 Å². The molecule has 1 aliphatic rings. The number of nitrogens with one attached hydrogen (secondary N) is 1. The molecule has 6 nitrogen and oxygen atoms in total. The smallest absolute Gasteiger partial charge is 0.282 e. The third-order valence-electron chi connectivity index (χ3n) is 4.45. The average Bonchev–Trinajstić information content (AvgIpc) is 3.18. The number of rotatable bonds is 2. The van der Waals surface area contributed by atoms with E-state index >= 15 is 0 Å². The quantitative estimate of drug-likeness (QED) is 0.778. The molecule has 124 valence electrons. The number of fused-ring (bicyclic) bond motifs is 1. The second-order valence-electron chi connectivity index (χ2n) is 6.05. The zero-order valence-electron chi connectivity index (χ0n) is 13.7. The number of para-hydroxylation sites is 1. The first-order valence-corrected chi connectivity index (χ1v) is 8.86. The molecule has 1 N–H and O–H groups in total. The Kier molecular flexibility index (Phi) is 3.72. The summed E-state index contributed by atoms with van der Waals surface area (Å²) in [5, 5.41) is 7.87. The van der Waals surface area contributed by atoms with Gasteiger partial charge in [-0.1, -0.05) is 12.1 Å². The number of hydrogen-bond donors (Lipinski definition) is 1. The Bertz CT molecular complexity index is 839. The lowest BCUT2D eigenvalue weighted by Gasteiger charge is -2.35. The predicted octanol–water partition coefficient (Wildman–Crippen LogP) is 2.60. The molecule has 0 bridgehead atoms. The molecule has 0 saturated carbocycles. The van der Waals surface area contributed by atoms with E-state index in [-0.39, 0.29) is 5.91 Å². The fraction of sp³-hybridized carbons (Fsp3) is 0.353. The number of amides is 1. The second kappa shape index (κ2) is 5.90. The minimum atomic E-state index is 0.0384. The first kappa shape index (κ1) is 15.1. The molecule has 7 heteroatoms. The van der Waals surface area contributed by atoms with Gasteiger partial charge in [0.15, 0.2) is 5.01 Å². The van der Waals surface area contributed by atoms with Crippen LogP contribution in [0, 0.1) is 13.8 Å². The normalized spacial score (nSPS) is 15.2. The molecule has 0 aliphatic carbocycles. The number of H-pyrrole nitrogens is 1. The molecule has 0 spiro atoms. The van der Waals surface area contributed by atoms with E-state index in [1.54, 1.807) is 0 Å². The van der Waals surface area contributed by atoms with Gasteiger partial charge in [-0.3, -0.25) is 9.89 Å². The summed E-state index contributed by atoms with van der Waals surface area (Å²) >= 11 is 1.47. The van der Waals surface area contributed by atoms with Crippen molar-refractivity contribution in [3.05, 3.63) is 40.7 Å². The molecule has 1 amide bonds. The second-order valence-corrected chi connectivity index (χ2v) is 7.08. The van der Waals surface area contributed by atoms with Crippen LogP contribution in [-0.4, -0.2) is 52.2 Å². The van der Waals surface area contributed by atoms with Crippen LogP contribution in [0.1, 0.15) is 21.2 Å². The number of aromatic nitrogens is 3. The Hall–Kier alpha value is -2.41. The molecule has 4 rings (SSSR count). The van der Waals surface area contributed by atoms with Gasteiger partial charge < -0.3 is 9.80 Å². The van der Waals surface area contributed by atoms with Crippen LogP contribution >= 0.6 is 11.3 Å². The Labute approximate surface area is 144 Å². The summed E-state index contributed by atoms with van der Waals surface area (Å²) < 4.78 is 1.06. The largest absolute Gasteiger partial charge is 0.365 e. The van der Waals surface area contributed by atoms with Crippen molar-refractivity contribution in [2.75, 3.05) is 31.1 Å². The summed E-state index contributed by atoms with van der Waals surface area (Å²) in [5.41, 5.74) is 4.16. The molecular formula is C17H19N5OS. The average molecular weight is 341 g/mol. The van der Waals surface area contributed by atoms with Crippen molar-refractivity contribution >= 4 is 33.1 Å². The summed E-state index contributed by atoms with van der Waals surface area (Å²) in [5.74, 6) is 0.0384. The van der Waals surface area contributed by atoms with Gasteiger partial charge >= 0.3 is 0 Å². The van der Waals surface area contributed by atoms with Crippen molar-refractivity contribution in [2.45, 2.75) is 13.8 Å². The third kappa shape index (κ3) is 2.54. The maximum absolute atomic E-state index is 12.7. The number of nitrogens with zero attached hydrogens (tertiary/aromatic N) is 4. The fourth-order valence-electron chi connectivity index (χ4n) is 3.24. The fourth-order valence-corrected chi connectivity index (χ4v) is 4.18. The molecule has 24 heavy (non-hydrogen) atoms. The van der Waals surface area contributed by atoms with E-state index < -0.39 is 0 Å². The Morgan fingerprint density at radius 2 is 1.92 bits per heavy atom. The highest BCUT2D eigenvalue weighted by Gasteiger charge is 2.26. The van der Waals surface area contributed by atoms with Crippen LogP contribution in [0.15, 0.2) is 24.3 Å². The van der Waals surface area contributed by atoms with Gasteiger partial charge in [0.05, 0.1) is 27.3 Å². The SMILES string of the molecule is Cc1n[nH]c(C)c1N1CCN(C(=O)c2nc3ccccc3s2)CC1. The predicted molar refractivity (Wildman–Crippen MR) is 95.8 cm³/mol. The van der Waals surface area contributed by atoms with Crippen molar-refractivity contribution in [3.63, 3.8) is 0 Å². The highest BCUT2D eigenvalue weighted by molar-refractivity contribution is 7.20. The molecule has 2 aromatic heterocycles. The number of benzene rings is 1. The number of carbonyl (C=O) groups excluding carboxylic acids is 1. The lowest BCUT2D eigenvalue weighted by molar-refractivity contribution is 0.0746. The summed E-state index contributed by atoms with van der Waals surface area (Å²) in [6.07, 6.45) is 0. The number of carbonyl (C=O) groups is 1. The van der Waals surface area contributed by atoms with E-state index in [9.17, 15) is 4.79 Å². The summed E-state index contributed by atoms with van der Waals surface area (Å²) in [4.78, 5) is 21.4. The van der Waals surface area contributed by atoms with Gasteiger partial charge in [-0.15, -0.1) is 11.3 Å². The molecule has 1 aromatic carbocycles. The highest BCUT2D eigenvalue weighted by Crippen LogP contribution is 2.25. The van der Waals surface area contributed by atoms with E-state index in [2.05, 4.69) is 20.1 Å². The zero-order valence-corrected chi connectivity index (χ0v) is 14.6. The number of aryl methyl sites for hydroxylation is 2. The third-order valence-corrected chi connectivity index (χ3v) is 5.47. The Morgan fingerprint density at radius 1 is 1.17 bits per heavy atom. The van der Waals surface area contributed by atoms with E-state index in [4.69, 9.17) is 0 Å². The van der Waals surface area contributed by atoms with Gasteiger partial charge in [0, 0.05) is 26.2 Å². The van der Waals surface area contributed by atoms with Crippen molar-refractivity contribution in [3.8, 4) is 0 Å². The van der Waals surface area contributed by atoms with Crippen molar-refractivity contribution in [2.24, 2.45) is 0 Å². The Balaban J connectivity index is 1.48. The zero-order chi connectivity index (χ0) is 16.7. The first-order chi connectivity index (χ1) is 11.6. The molecule has 3 heterocycles. The number of aromatic amines is 1. The van der Waals surface area contributed by atoms with Gasteiger partial charge in [0.1, 0.15) is 0 Å². The molecule has 3 aromatic rings. The van der Waals surface area contributed by atoms with Crippen molar-refractivity contribution < 1.29 is 4.79 Å². The van der Waals surface area contributed by atoms with Crippen LogP contribution in [0.3, 0.4) is 0 Å². The monoisotopic (exact) mass is 341 g/mol. The minimum absolute atomic E-state index is 0.0384. The number of thiazole rings is 1. The van der Waals surface area contributed by atoms with E-state index in [0.717, 1.165) is 34.7 Å². The number of piperazine rings is 1. The Morgan fingerprint density at radius 3 is 2.58 bits per heavy atom. The van der Waals surface area contributed by atoms with Gasteiger partial charge in [0.25, 0.3) is 5.91 Å². The van der Waals surface area contributed by atoms with Crippen molar-refractivity contribution in [1.29, 1.82) is 0 Å². The topological polar surface area (TPSA) is 65.1 Å². The van der Waals surface area contributed by atoms with E-state index in [0.29, 0.717) is 18.1 Å². The molecule has 0 unspecified atom stereocenters. The number of anilines is 1. The molecule has 1 aliphatic heterocycles. The summed E-state index contributed by atoms with van der Waals surface area (Å²) in [6.45, 7) is 7.10. The van der Waals surface area contributed by atoms with Crippen LogP contribution in [0.25, 0.3) is 10.2 Å². The number of hydrogen-bond acceptors (Lipinski definition) is 5. The first-order valence-electron chi connectivity index (χ1n) is 8.05. The molecule has 1 fully saturated rings. The summed E-state index contributed by atoms with van der Waals surface area (Å²) in [6, 6.07) is 7.88. The van der Waals surface area contributed by atoms with Crippen LogP contribution in [0.2, 0.25) is 0 Å². The van der Waals surface area contributed by atoms with Gasteiger partial charge in [-0.05, 0) is 26.0 Å². The minimum Gasteiger partial charge on any atom is -0.365 e. The summed E-state index contributed by atoms with van der Waals surface area (Å²) in [7, 11) is 0. The standard InChI is InChI=1S/C17H19N5OS/c1-11-15(12(2)20-19-11)21-7-9-22(10-8-21)17(23)16-18-13-5-3-4-6-14(13)24-16/h3-6H,7-10H2,1-2H3,(H,19,20). The van der Waals surface area contributed by atoms with Crippen molar-refractivity contribution in [1.82, 2.24) is 20.1 Å². The van der Waals surface area contributed by atoms with E-state index in [1.165, 1.54) is 17.0 Å². The maximum atomic E-state index is 12.7. The molecule has 0 atom stereocenters. The molecule has 1 saturated heterocycles. The molecule has 0 radical (unpaired) electrons. The van der Waals surface area contributed by atoms with Gasteiger partial charge in [-0.2, -0.15) is 5.10 Å².